The summed E-state index contributed by atoms with van der Waals surface area (Å²) >= 11 is -1.15. The van der Waals surface area contributed by atoms with E-state index in [-0.39, 0.29) is 0 Å². The number of rotatable bonds is 3. The van der Waals surface area contributed by atoms with Crippen molar-refractivity contribution < 1.29 is 4.79 Å². The zero-order valence-corrected chi connectivity index (χ0v) is 18.1. The fourth-order valence-corrected chi connectivity index (χ4v) is 20.2. The maximum atomic E-state index is 8.59. The van der Waals surface area contributed by atoms with Gasteiger partial charge in [0.1, 0.15) is 5.66 Å². The standard InChI is InChI=1S/3C6H11.CHOP.Sn/c3*1-2-4-6-5-3-1;2-1-3;/h3*1H,2-6H2;3H;. The Morgan fingerprint density at radius 2 is 0.818 bits per heavy atom. The fourth-order valence-electron chi connectivity index (χ4n) is 5.31. The smallest absolute Gasteiger partial charge is 0.146 e. The molecule has 0 aromatic rings. The van der Waals surface area contributed by atoms with Gasteiger partial charge < -0.3 is 0 Å². The third-order valence-corrected chi connectivity index (χ3v) is 19.2. The second-order valence-electron chi connectivity index (χ2n) is 7.61. The van der Waals surface area contributed by atoms with E-state index in [1.807, 2.05) is 0 Å². The van der Waals surface area contributed by atoms with Crippen molar-refractivity contribution in [1.29, 1.82) is 0 Å². The van der Waals surface area contributed by atoms with Crippen molar-refractivity contribution in [2.75, 3.05) is 0 Å². The topological polar surface area (TPSA) is 17.1 Å². The minimum absolute atomic E-state index is 1.15. The van der Waals surface area contributed by atoms with Crippen LogP contribution in [0, 0.1) is 0 Å². The molecule has 0 saturated heterocycles. The van der Waals surface area contributed by atoms with Gasteiger partial charge in [-0.25, -0.2) is 4.79 Å². The van der Waals surface area contributed by atoms with Gasteiger partial charge in [-0.3, -0.25) is 0 Å². The molecule has 0 heterocycles. The van der Waals surface area contributed by atoms with E-state index in [4.69, 9.17) is 4.79 Å². The Balaban J connectivity index is 0.000000545. The van der Waals surface area contributed by atoms with Crippen molar-refractivity contribution in [3.05, 3.63) is 0 Å². The maximum absolute atomic E-state index is 8.59. The summed E-state index contributed by atoms with van der Waals surface area (Å²) in [7, 11) is 2.38. The Kier molecular flexibility index (Phi) is 9.74. The Hall–Kier alpha value is 0.679. The second-order valence-corrected chi connectivity index (χ2v) is 17.7. The largest absolute Gasteiger partial charge is 0.229 e. The molecule has 0 atom stereocenters. The van der Waals surface area contributed by atoms with Crippen LogP contribution in [-0.4, -0.2) is 25.4 Å². The van der Waals surface area contributed by atoms with Crippen LogP contribution in [-0.2, 0) is 4.79 Å². The van der Waals surface area contributed by atoms with E-state index in [0.717, 1.165) is 0 Å². The van der Waals surface area contributed by atoms with Crippen LogP contribution in [0.1, 0.15) is 96.3 Å². The minimum Gasteiger partial charge on any atom is -0.229 e. The molecule has 3 heteroatoms. The first-order valence-electron chi connectivity index (χ1n) is 9.77. The Bertz CT molecular complexity index is 280. The number of carbonyl (C=O) groups excluding carboxylic acids is 1. The van der Waals surface area contributed by atoms with E-state index >= 15 is 0 Å². The van der Waals surface area contributed by atoms with Crippen molar-refractivity contribution in [2.45, 2.75) is 108 Å². The summed E-state index contributed by atoms with van der Waals surface area (Å²) in [5, 5.41) is 0. The molecule has 3 rings (SSSR count). The monoisotopic (exact) mass is 429 g/mol. The van der Waals surface area contributed by atoms with Gasteiger partial charge in [-0.1, -0.05) is 0 Å². The third kappa shape index (κ3) is 5.95. The van der Waals surface area contributed by atoms with Crippen LogP contribution in [0.25, 0.3) is 0 Å². The molecule has 3 saturated carbocycles. The van der Waals surface area contributed by atoms with Crippen molar-refractivity contribution >= 4 is 34.3 Å². The normalized spacial score (nSPS) is 25.3. The van der Waals surface area contributed by atoms with E-state index in [9.17, 15) is 0 Å². The molecule has 0 aliphatic heterocycles. The first-order chi connectivity index (χ1) is 10.9. The number of hydrogen-bond donors (Lipinski definition) is 0. The van der Waals surface area contributed by atoms with Gasteiger partial charge >= 0.3 is 128 Å². The fraction of sp³-hybridized carbons (Fsp3) is 0.947. The SMILES string of the molecule is C1CC[CH]([Sn]([CH]2CCCCC2)[CH]2CCCCC2)CC1.O=C=P. The molecule has 0 N–H and O–H groups in total. The molecule has 3 aliphatic carbocycles. The molecule has 3 fully saturated rings. The Morgan fingerprint density at radius 1 is 0.591 bits per heavy atom. The summed E-state index contributed by atoms with van der Waals surface area (Å²) in [6, 6.07) is 0. The average molecular weight is 428 g/mol. The van der Waals surface area contributed by atoms with E-state index < -0.39 is 19.8 Å². The first kappa shape index (κ1) is 19.0. The van der Waals surface area contributed by atoms with Crippen molar-refractivity contribution in [2.24, 2.45) is 0 Å². The molecule has 22 heavy (non-hydrogen) atoms. The van der Waals surface area contributed by atoms with Gasteiger partial charge in [0.25, 0.3) is 0 Å². The van der Waals surface area contributed by atoms with Gasteiger partial charge in [0.2, 0.25) is 0 Å². The van der Waals surface area contributed by atoms with E-state index in [2.05, 4.69) is 8.86 Å². The van der Waals surface area contributed by atoms with Crippen LogP contribution >= 0.6 is 8.86 Å². The van der Waals surface area contributed by atoms with E-state index in [1.165, 1.54) is 17.5 Å². The predicted octanol–water partition coefficient (Wildman–Crippen LogP) is 6.68. The number of hydrogen-bond acceptors (Lipinski definition) is 1. The molecule has 0 aromatic carbocycles. The third-order valence-electron chi connectivity index (χ3n) is 6.23. The summed E-state index contributed by atoms with van der Waals surface area (Å²) in [6.07, 6.45) is 24.2. The van der Waals surface area contributed by atoms with Gasteiger partial charge in [-0.2, -0.15) is 0 Å². The van der Waals surface area contributed by atoms with Crippen molar-refractivity contribution in [3.63, 3.8) is 0 Å². The van der Waals surface area contributed by atoms with Crippen LogP contribution in [0.2, 0.25) is 11.8 Å². The van der Waals surface area contributed by atoms with Crippen LogP contribution in [0.3, 0.4) is 0 Å². The molecule has 0 spiro atoms. The molecule has 0 amide bonds. The molecule has 3 aliphatic rings. The van der Waals surface area contributed by atoms with Gasteiger partial charge in [-0.15, -0.1) is 0 Å². The molecule has 1 radical (unpaired) electrons. The van der Waals surface area contributed by atoms with Crippen LogP contribution in [0.4, 0.5) is 0 Å². The van der Waals surface area contributed by atoms with Gasteiger partial charge in [0, 0.05) is 0 Å². The summed E-state index contributed by atoms with van der Waals surface area (Å²) in [4.78, 5) is 8.59. The molecule has 0 bridgehead atoms. The summed E-state index contributed by atoms with van der Waals surface area (Å²) in [6.45, 7) is 0. The van der Waals surface area contributed by atoms with Crippen molar-refractivity contribution in [1.82, 2.24) is 0 Å². The minimum atomic E-state index is -1.15. The summed E-state index contributed by atoms with van der Waals surface area (Å²) < 4.78 is 3.96. The van der Waals surface area contributed by atoms with Crippen LogP contribution in [0.15, 0.2) is 0 Å². The molecule has 0 aromatic heterocycles. The van der Waals surface area contributed by atoms with Gasteiger partial charge in [-0.05, 0) is 8.86 Å². The summed E-state index contributed by atoms with van der Waals surface area (Å²) in [5.41, 5.74) is 1.31. The van der Waals surface area contributed by atoms with Crippen LogP contribution < -0.4 is 0 Å². The van der Waals surface area contributed by atoms with E-state index in [1.54, 1.807) is 96.3 Å². The van der Waals surface area contributed by atoms with Gasteiger partial charge in [0.15, 0.2) is 0 Å². The molecular weight excluding hydrogens is 394 g/mol. The average Bonchev–Trinajstić information content (AvgIpc) is 2.59. The summed E-state index contributed by atoms with van der Waals surface area (Å²) in [5.74, 6) is 0. The second kappa shape index (κ2) is 11.3. The molecule has 1 nitrogen and oxygen atoms in total. The van der Waals surface area contributed by atoms with Crippen molar-refractivity contribution in [3.8, 4) is 0 Å². The molecule has 125 valence electrons. The first-order valence-corrected chi connectivity index (χ1v) is 15.2. The predicted molar refractivity (Wildman–Crippen MR) is 100 cm³/mol. The Labute approximate surface area is 147 Å². The maximum Gasteiger partial charge on any atom is 0.146 e. The van der Waals surface area contributed by atoms with Gasteiger partial charge in [0.05, 0.1) is 0 Å². The van der Waals surface area contributed by atoms with E-state index in [0.29, 0.717) is 0 Å². The van der Waals surface area contributed by atoms with Crippen LogP contribution in [0.5, 0.6) is 0 Å². The quantitative estimate of drug-likeness (QED) is 0.362. The zero-order valence-electron chi connectivity index (χ0n) is 14.2. The zero-order chi connectivity index (χ0) is 15.6. The molecule has 0 unspecified atom stereocenters. The molecular formula is C19H34OPSn. The Morgan fingerprint density at radius 3 is 1.05 bits per heavy atom.